The first-order valence-corrected chi connectivity index (χ1v) is 5.76. The minimum atomic E-state index is 0.108. The van der Waals surface area contributed by atoms with E-state index in [1.165, 1.54) is 0 Å². The summed E-state index contributed by atoms with van der Waals surface area (Å²) in [6.07, 6.45) is 1.88. The van der Waals surface area contributed by atoms with E-state index in [1.54, 1.807) is 4.68 Å². The van der Waals surface area contributed by atoms with Gasteiger partial charge in [-0.1, -0.05) is 0 Å². The number of anilines is 1. The maximum Gasteiger partial charge on any atom is 0.242 e. The van der Waals surface area contributed by atoms with Crippen LogP contribution in [0, 0.1) is 6.92 Å². The Balaban J connectivity index is 1.85. The summed E-state index contributed by atoms with van der Waals surface area (Å²) in [5.74, 6) is 0.108. The van der Waals surface area contributed by atoms with Crippen LogP contribution in [0.4, 0.5) is 5.69 Å². The molecular weight excluding hydrogens is 220 g/mol. The number of nitrogens with zero attached hydrogens (tertiary/aromatic N) is 3. The minimum absolute atomic E-state index is 0.108. The third-order valence-electron chi connectivity index (χ3n) is 2.81. The van der Waals surface area contributed by atoms with Gasteiger partial charge in [0.1, 0.15) is 0 Å². The van der Waals surface area contributed by atoms with E-state index in [-0.39, 0.29) is 5.91 Å². The number of nitrogens with one attached hydrogen (secondary N) is 1. The molecule has 1 amide bonds. The van der Waals surface area contributed by atoms with Crippen molar-refractivity contribution in [1.82, 2.24) is 14.7 Å². The van der Waals surface area contributed by atoms with Gasteiger partial charge < -0.3 is 15.0 Å². The first-order chi connectivity index (χ1) is 8.16. The van der Waals surface area contributed by atoms with Crippen LogP contribution in [0.1, 0.15) is 5.69 Å². The molecule has 0 radical (unpaired) electrons. The highest BCUT2D eigenvalue weighted by molar-refractivity contribution is 5.81. The molecule has 1 N–H and O–H groups in total. The second kappa shape index (κ2) is 5.18. The summed E-state index contributed by atoms with van der Waals surface area (Å²) < 4.78 is 6.94. The van der Waals surface area contributed by atoms with Gasteiger partial charge in [-0.05, 0) is 6.92 Å². The van der Waals surface area contributed by atoms with Crippen LogP contribution in [0.25, 0.3) is 0 Å². The normalized spacial score (nSPS) is 16.0. The highest BCUT2D eigenvalue weighted by atomic mass is 16.5. The van der Waals surface area contributed by atoms with Crippen molar-refractivity contribution in [3.63, 3.8) is 0 Å². The fraction of sp³-hybridized carbons (Fsp3) is 0.636. The van der Waals surface area contributed by atoms with Crippen molar-refractivity contribution in [2.24, 2.45) is 7.05 Å². The van der Waals surface area contributed by atoms with Crippen molar-refractivity contribution in [2.75, 3.05) is 38.2 Å². The molecule has 1 aliphatic heterocycles. The van der Waals surface area contributed by atoms with Crippen molar-refractivity contribution in [1.29, 1.82) is 0 Å². The standard InChI is InChI=1S/C11H18N4O2/c1-9-10(8-14(2)13-9)12-7-11(16)15-3-5-17-6-4-15/h8,12H,3-7H2,1-2H3. The first-order valence-electron chi connectivity index (χ1n) is 5.76. The number of carbonyl (C=O) groups is 1. The number of morpholine rings is 1. The Hall–Kier alpha value is -1.56. The lowest BCUT2D eigenvalue weighted by molar-refractivity contribution is -0.133. The SMILES string of the molecule is Cc1nn(C)cc1NCC(=O)N1CCOCC1. The van der Waals surface area contributed by atoms with Gasteiger partial charge in [0.15, 0.2) is 0 Å². The summed E-state index contributed by atoms with van der Waals surface area (Å²) in [5.41, 5.74) is 1.82. The van der Waals surface area contributed by atoms with Crippen molar-refractivity contribution in [3.05, 3.63) is 11.9 Å². The van der Waals surface area contributed by atoms with Gasteiger partial charge in [-0.2, -0.15) is 5.10 Å². The molecule has 2 rings (SSSR count). The maximum absolute atomic E-state index is 11.9. The molecule has 17 heavy (non-hydrogen) atoms. The Labute approximate surface area is 101 Å². The molecule has 0 unspecified atom stereocenters. The number of amides is 1. The Morgan fingerprint density at radius 2 is 2.24 bits per heavy atom. The molecule has 6 heteroatoms. The molecule has 0 saturated carbocycles. The van der Waals surface area contributed by atoms with Gasteiger partial charge >= 0.3 is 0 Å². The van der Waals surface area contributed by atoms with Crippen LogP contribution < -0.4 is 5.32 Å². The smallest absolute Gasteiger partial charge is 0.242 e. The van der Waals surface area contributed by atoms with Crippen LogP contribution in [0.15, 0.2) is 6.20 Å². The molecule has 0 bridgehead atoms. The van der Waals surface area contributed by atoms with Crippen LogP contribution in [0.5, 0.6) is 0 Å². The molecule has 1 aromatic heterocycles. The molecule has 1 saturated heterocycles. The summed E-state index contributed by atoms with van der Waals surface area (Å²) in [5, 5.41) is 7.33. The van der Waals surface area contributed by atoms with Gasteiger partial charge in [0.05, 0.1) is 31.1 Å². The zero-order chi connectivity index (χ0) is 12.3. The van der Waals surface area contributed by atoms with Gasteiger partial charge in [-0.25, -0.2) is 0 Å². The average molecular weight is 238 g/mol. The molecule has 0 spiro atoms. The molecule has 1 aromatic rings. The number of aromatic nitrogens is 2. The Morgan fingerprint density at radius 3 is 2.82 bits per heavy atom. The van der Waals surface area contributed by atoms with Gasteiger partial charge in [-0.3, -0.25) is 9.48 Å². The van der Waals surface area contributed by atoms with Crippen LogP contribution in [-0.2, 0) is 16.6 Å². The summed E-state index contributed by atoms with van der Waals surface area (Å²) >= 11 is 0. The largest absolute Gasteiger partial charge is 0.378 e. The van der Waals surface area contributed by atoms with E-state index in [0.29, 0.717) is 32.8 Å². The van der Waals surface area contributed by atoms with Crippen LogP contribution in [-0.4, -0.2) is 53.4 Å². The monoisotopic (exact) mass is 238 g/mol. The molecular formula is C11H18N4O2. The van der Waals surface area contributed by atoms with Gasteiger partial charge in [0.25, 0.3) is 0 Å². The third kappa shape index (κ3) is 2.97. The van der Waals surface area contributed by atoms with Crippen LogP contribution in [0.2, 0.25) is 0 Å². The fourth-order valence-electron chi connectivity index (χ4n) is 1.87. The summed E-state index contributed by atoms with van der Waals surface area (Å²) in [4.78, 5) is 13.7. The van der Waals surface area contributed by atoms with Gasteiger partial charge in [0, 0.05) is 26.3 Å². The van der Waals surface area contributed by atoms with E-state index in [2.05, 4.69) is 10.4 Å². The zero-order valence-corrected chi connectivity index (χ0v) is 10.3. The maximum atomic E-state index is 11.9. The van der Waals surface area contributed by atoms with E-state index in [0.717, 1.165) is 11.4 Å². The minimum Gasteiger partial charge on any atom is -0.378 e. The summed E-state index contributed by atoms with van der Waals surface area (Å²) in [7, 11) is 1.86. The highest BCUT2D eigenvalue weighted by Crippen LogP contribution is 2.11. The van der Waals surface area contributed by atoms with E-state index in [9.17, 15) is 4.79 Å². The van der Waals surface area contributed by atoms with Crippen molar-refractivity contribution in [3.8, 4) is 0 Å². The molecule has 0 aromatic carbocycles. The van der Waals surface area contributed by atoms with Crippen molar-refractivity contribution >= 4 is 11.6 Å². The van der Waals surface area contributed by atoms with E-state index >= 15 is 0 Å². The molecule has 6 nitrogen and oxygen atoms in total. The number of hydrogen-bond acceptors (Lipinski definition) is 4. The number of aryl methyl sites for hydroxylation is 2. The number of rotatable bonds is 3. The number of hydrogen-bond donors (Lipinski definition) is 1. The molecule has 0 aliphatic carbocycles. The summed E-state index contributed by atoms with van der Waals surface area (Å²) in [6.45, 7) is 4.88. The number of ether oxygens (including phenoxy) is 1. The molecule has 1 aliphatic rings. The van der Waals surface area contributed by atoms with Crippen molar-refractivity contribution < 1.29 is 9.53 Å². The molecule has 0 atom stereocenters. The molecule has 2 heterocycles. The fourth-order valence-corrected chi connectivity index (χ4v) is 1.87. The topological polar surface area (TPSA) is 59.4 Å². The molecule has 1 fully saturated rings. The lowest BCUT2D eigenvalue weighted by atomic mass is 10.3. The van der Waals surface area contributed by atoms with E-state index < -0.39 is 0 Å². The second-order valence-corrected chi connectivity index (χ2v) is 4.15. The lowest BCUT2D eigenvalue weighted by Gasteiger charge is -2.26. The van der Waals surface area contributed by atoms with Crippen molar-refractivity contribution in [2.45, 2.75) is 6.92 Å². The average Bonchev–Trinajstić information content (AvgIpc) is 2.66. The summed E-state index contributed by atoms with van der Waals surface area (Å²) in [6, 6.07) is 0. The quantitative estimate of drug-likeness (QED) is 0.805. The second-order valence-electron chi connectivity index (χ2n) is 4.15. The van der Waals surface area contributed by atoms with Crippen LogP contribution in [0.3, 0.4) is 0 Å². The Morgan fingerprint density at radius 1 is 1.53 bits per heavy atom. The van der Waals surface area contributed by atoms with E-state index in [4.69, 9.17) is 4.74 Å². The van der Waals surface area contributed by atoms with Gasteiger partial charge in [0.2, 0.25) is 5.91 Å². The first kappa shape index (κ1) is 11.9. The third-order valence-corrected chi connectivity index (χ3v) is 2.81. The molecule has 94 valence electrons. The zero-order valence-electron chi connectivity index (χ0n) is 10.3. The highest BCUT2D eigenvalue weighted by Gasteiger charge is 2.16. The van der Waals surface area contributed by atoms with Gasteiger partial charge in [-0.15, -0.1) is 0 Å². The number of carbonyl (C=O) groups excluding carboxylic acids is 1. The Bertz CT molecular complexity index is 396. The predicted octanol–water partition coefficient (Wildman–Crippen LogP) is -0.000780. The predicted molar refractivity (Wildman–Crippen MR) is 63.8 cm³/mol. The van der Waals surface area contributed by atoms with E-state index in [1.807, 2.05) is 25.1 Å². The lowest BCUT2D eigenvalue weighted by Crippen LogP contribution is -2.43. The van der Waals surface area contributed by atoms with Crippen LogP contribution >= 0.6 is 0 Å². The Kier molecular flexibility index (Phi) is 3.63.